The van der Waals surface area contributed by atoms with Gasteiger partial charge in [0.25, 0.3) is 0 Å². The normalized spacial score (nSPS) is 25.1. The molecule has 98 valence electrons. The van der Waals surface area contributed by atoms with Gasteiger partial charge in [0.15, 0.2) is 0 Å². The van der Waals surface area contributed by atoms with Gasteiger partial charge in [-0.1, -0.05) is 31.2 Å². The highest BCUT2D eigenvalue weighted by molar-refractivity contribution is 8.00. The lowest BCUT2D eigenvalue weighted by atomic mass is 9.79. The molecule has 2 N–H and O–H groups in total. The first-order valence-electron chi connectivity index (χ1n) is 6.38. The summed E-state index contributed by atoms with van der Waals surface area (Å²) in [5, 5.41) is 19.0. The van der Waals surface area contributed by atoms with E-state index in [0.29, 0.717) is 16.8 Å². The summed E-state index contributed by atoms with van der Waals surface area (Å²) in [6.07, 6.45) is 0. The van der Waals surface area contributed by atoms with Gasteiger partial charge >= 0.3 is 7.12 Å². The lowest BCUT2D eigenvalue weighted by Crippen LogP contribution is -2.44. The highest BCUT2D eigenvalue weighted by Gasteiger charge is 2.25. The Morgan fingerprint density at radius 1 is 1.39 bits per heavy atom. The average Bonchev–Trinajstić information content (AvgIpc) is 2.35. The topological polar surface area (TPSA) is 43.7 Å². The van der Waals surface area contributed by atoms with Crippen LogP contribution in [0.25, 0.3) is 0 Å². The molecule has 1 heterocycles. The third-order valence-electron chi connectivity index (χ3n) is 3.65. The summed E-state index contributed by atoms with van der Waals surface area (Å²) in [6, 6.07) is 8.12. The van der Waals surface area contributed by atoms with Gasteiger partial charge in [-0.3, -0.25) is 4.90 Å². The zero-order valence-electron chi connectivity index (χ0n) is 10.9. The highest BCUT2D eigenvalue weighted by Crippen LogP contribution is 2.25. The van der Waals surface area contributed by atoms with Gasteiger partial charge in [-0.25, -0.2) is 0 Å². The van der Waals surface area contributed by atoms with Gasteiger partial charge in [0.2, 0.25) is 0 Å². The second-order valence-electron chi connectivity index (χ2n) is 4.91. The van der Waals surface area contributed by atoms with E-state index in [1.807, 2.05) is 30.0 Å². The first kappa shape index (κ1) is 13.9. The van der Waals surface area contributed by atoms with Crippen LogP contribution < -0.4 is 5.46 Å². The summed E-state index contributed by atoms with van der Waals surface area (Å²) in [4.78, 5) is 2.46. The van der Waals surface area contributed by atoms with Gasteiger partial charge < -0.3 is 10.0 Å². The van der Waals surface area contributed by atoms with Crippen molar-refractivity contribution in [2.75, 3.05) is 12.3 Å². The van der Waals surface area contributed by atoms with Crippen molar-refractivity contribution in [2.24, 2.45) is 0 Å². The van der Waals surface area contributed by atoms with Gasteiger partial charge in [-0.15, -0.1) is 0 Å². The van der Waals surface area contributed by atoms with Crippen LogP contribution in [-0.2, 0) is 6.54 Å². The minimum absolute atomic E-state index is 0.562. The summed E-state index contributed by atoms with van der Waals surface area (Å²) >= 11 is 2.03. The van der Waals surface area contributed by atoms with Crippen molar-refractivity contribution in [2.45, 2.75) is 31.7 Å². The van der Waals surface area contributed by atoms with E-state index in [1.165, 1.54) is 5.75 Å². The molecule has 1 fully saturated rings. The largest absolute Gasteiger partial charge is 0.488 e. The fraction of sp³-hybridized carbons (Fsp3) is 0.538. The molecular weight excluding hydrogens is 245 g/mol. The Hall–Kier alpha value is -0.485. The number of thioether (sulfide) groups is 1. The summed E-state index contributed by atoms with van der Waals surface area (Å²) in [5.74, 6) is 1.17. The second kappa shape index (κ2) is 6.11. The van der Waals surface area contributed by atoms with Crippen LogP contribution in [0.4, 0.5) is 0 Å². The smallest absolute Gasteiger partial charge is 0.423 e. The first-order valence-corrected chi connectivity index (χ1v) is 7.43. The van der Waals surface area contributed by atoms with E-state index >= 15 is 0 Å². The van der Waals surface area contributed by atoms with Crippen molar-refractivity contribution < 1.29 is 10.0 Å². The van der Waals surface area contributed by atoms with Crippen molar-refractivity contribution >= 4 is 24.3 Å². The van der Waals surface area contributed by atoms with Crippen LogP contribution in [0.2, 0.25) is 0 Å². The lowest BCUT2D eigenvalue weighted by molar-refractivity contribution is 0.204. The van der Waals surface area contributed by atoms with Gasteiger partial charge in [0.05, 0.1) is 0 Å². The SMILES string of the molecule is CC1SCCN(Cc2cccc(B(O)O)c2)C1C. The first-order chi connectivity index (χ1) is 8.58. The predicted octanol–water partition coefficient (Wildman–Crippen LogP) is 0.692. The third-order valence-corrected chi connectivity index (χ3v) is 4.99. The van der Waals surface area contributed by atoms with E-state index in [9.17, 15) is 10.0 Å². The second-order valence-corrected chi connectivity index (χ2v) is 6.39. The molecule has 0 aromatic heterocycles. The van der Waals surface area contributed by atoms with Crippen molar-refractivity contribution in [1.82, 2.24) is 4.90 Å². The lowest BCUT2D eigenvalue weighted by Gasteiger charge is -2.37. The zero-order valence-corrected chi connectivity index (χ0v) is 11.7. The van der Waals surface area contributed by atoms with E-state index < -0.39 is 7.12 Å². The molecule has 0 aliphatic carbocycles. The summed E-state index contributed by atoms with van der Waals surface area (Å²) < 4.78 is 0. The Kier molecular flexibility index (Phi) is 4.73. The number of benzene rings is 1. The minimum atomic E-state index is -1.38. The van der Waals surface area contributed by atoms with Crippen molar-refractivity contribution in [3.63, 3.8) is 0 Å². The minimum Gasteiger partial charge on any atom is -0.423 e. The molecule has 0 spiro atoms. The molecule has 0 radical (unpaired) electrons. The maximum Gasteiger partial charge on any atom is 0.488 e. The predicted molar refractivity (Wildman–Crippen MR) is 78.1 cm³/mol. The number of hydrogen-bond acceptors (Lipinski definition) is 4. The van der Waals surface area contributed by atoms with Crippen LogP contribution in [0.3, 0.4) is 0 Å². The summed E-state index contributed by atoms with van der Waals surface area (Å²) in [5.41, 5.74) is 1.71. The van der Waals surface area contributed by atoms with E-state index in [-0.39, 0.29) is 0 Å². The van der Waals surface area contributed by atoms with Crippen LogP contribution in [-0.4, -0.2) is 45.7 Å². The number of hydrogen-bond donors (Lipinski definition) is 2. The molecule has 1 saturated heterocycles. The molecule has 0 saturated carbocycles. The van der Waals surface area contributed by atoms with Gasteiger partial charge in [0, 0.05) is 30.1 Å². The van der Waals surface area contributed by atoms with Crippen molar-refractivity contribution in [3.8, 4) is 0 Å². The average molecular weight is 265 g/mol. The maximum absolute atomic E-state index is 9.19. The molecular formula is C13H20BNO2S. The Morgan fingerprint density at radius 3 is 2.89 bits per heavy atom. The van der Waals surface area contributed by atoms with Gasteiger partial charge in [-0.2, -0.15) is 11.8 Å². The highest BCUT2D eigenvalue weighted by atomic mass is 32.2. The Labute approximate surface area is 113 Å². The molecule has 5 heteroatoms. The Morgan fingerprint density at radius 2 is 2.17 bits per heavy atom. The van der Waals surface area contributed by atoms with Crippen LogP contribution in [0.15, 0.2) is 24.3 Å². The molecule has 2 rings (SSSR count). The Balaban J connectivity index is 2.06. The van der Waals surface area contributed by atoms with Gasteiger partial charge in [0.1, 0.15) is 0 Å². The molecule has 0 amide bonds. The van der Waals surface area contributed by atoms with Crippen molar-refractivity contribution in [3.05, 3.63) is 29.8 Å². The molecule has 0 bridgehead atoms. The third kappa shape index (κ3) is 3.29. The maximum atomic E-state index is 9.19. The molecule has 1 aliphatic heterocycles. The van der Waals surface area contributed by atoms with E-state index in [0.717, 1.165) is 18.7 Å². The number of rotatable bonds is 3. The van der Waals surface area contributed by atoms with Crippen molar-refractivity contribution in [1.29, 1.82) is 0 Å². The zero-order chi connectivity index (χ0) is 13.1. The van der Waals surface area contributed by atoms with Gasteiger partial charge in [-0.05, 0) is 17.9 Å². The molecule has 3 nitrogen and oxygen atoms in total. The standard InChI is InChI=1S/C13H20BNO2S/c1-10-11(2)18-7-6-15(10)9-12-4-3-5-13(8-12)14(16)17/h3-5,8,10-11,16-17H,6-7,9H2,1-2H3. The molecule has 1 aromatic rings. The molecule has 2 atom stereocenters. The summed E-state index contributed by atoms with van der Waals surface area (Å²) in [7, 11) is -1.38. The van der Waals surface area contributed by atoms with E-state index in [4.69, 9.17) is 0 Å². The number of nitrogens with zero attached hydrogens (tertiary/aromatic N) is 1. The van der Waals surface area contributed by atoms with E-state index in [1.54, 1.807) is 6.07 Å². The monoisotopic (exact) mass is 265 g/mol. The fourth-order valence-corrected chi connectivity index (χ4v) is 3.47. The fourth-order valence-electron chi connectivity index (χ4n) is 2.31. The van der Waals surface area contributed by atoms with Crippen LogP contribution in [0.5, 0.6) is 0 Å². The van der Waals surface area contributed by atoms with Crippen LogP contribution in [0, 0.1) is 0 Å². The molecule has 18 heavy (non-hydrogen) atoms. The Bertz CT molecular complexity index is 402. The van der Waals surface area contributed by atoms with Crippen LogP contribution in [0.1, 0.15) is 19.4 Å². The molecule has 2 unspecified atom stereocenters. The molecule has 1 aromatic carbocycles. The van der Waals surface area contributed by atoms with E-state index in [2.05, 4.69) is 18.7 Å². The molecule has 1 aliphatic rings. The quantitative estimate of drug-likeness (QED) is 0.789. The summed E-state index contributed by atoms with van der Waals surface area (Å²) in [6.45, 7) is 6.52. The van der Waals surface area contributed by atoms with Crippen LogP contribution >= 0.6 is 11.8 Å².